The standard InChI is InChI=1S/C24H25N3O8S/c1-3-35-36(32,33)20-8-4-14(2)12-19(20)34-11-10-25-15-5-6-16-17(13-15)24(31)27(23(16)30)18-7-9-21(28)26-22(18)29/h4-6,8,12-13,18,25H,3,7,9-11H2,1-2H3,(H,26,28,29). The molecule has 2 aromatic rings. The smallest absolute Gasteiger partial charge is 0.300 e. The van der Waals surface area contributed by atoms with Crippen LogP contribution in [0.4, 0.5) is 5.69 Å². The Morgan fingerprint density at radius 2 is 1.81 bits per heavy atom. The van der Waals surface area contributed by atoms with Crippen molar-refractivity contribution in [2.75, 3.05) is 25.1 Å². The van der Waals surface area contributed by atoms with Gasteiger partial charge in [-0.25, -0.2) is 0 Å². The van der Waals surface area contributed by atoms with Gasteiger partial charge in [-0.15, -0.1) is 0 Å². The molecular formula is C24H25N3O8S. The van der Waals surface area contributed by atoms with Crippen LogP contribution in [0.3, 0.4) is 0 Å². The molecule has 2 heterocycles. The molecule has 4 amide bonds. The third-order valence-corrected chi connectivity index (χ3v) is 7.19. The molecule has 12 heteroatoms. The number of ether oxygens (including phenoxy) is 1. The number of amides is 4. The van der Waals surface area contributed by atoms with Gasteiger partial charge in [0.05, 0.1) is 17.7 Å². The van der Waals surface area contributed by atoms with E-state index in [1.807, 2.05) is 6.92 Å². The van der Waals surface area contributed by atoms with Crippen LogP contribution in [0, 0.1) is 6.92 Å². The Labute approximate surface area is 207 Å². The minimum absolute atomic E-state index is 0.00225. The normalized spacial score (nSPS) is 17.7. The first-order chi connectivity index (χ1) is 17.1. The number of piperidine rings is 1. The second-order valence-electron chi connectivity index (χ2n) is 8.29. The second kappa shape index (κ2) is 10.1. The number of carbonyl (C=O) groups excluding carboxylic acids is 4. The Kier molecular flexibility index (Phi) is 7.09. The molecule has 2 aliphatic heterocycles. The molecule has 190 valence electrons. The number of benzene rings is 2. The average Bonchev–Trinajstić information content (AvgIpc) is 3.06. The molecule has 2 aliphatic rings. The number of nitrogens with zero attached hydrogens (tertiary/aromatic N) is 1. The maximum Gasteiger partial charge on any atom is 0.300 e. The molecule has 36 heavy (non-hydrogen) atoms. The third kappa shape index (κ3) is 4.95. The highest BCUT2D eigenvalue weighted by molar-refractivity contribution is 7.86. The van der Waals surface area contributed by atoms with Crippen LogP contribution < -0.4 is 15.4 Å². The fourth-order valence-electron chi connectivity index (χ4n) is 4.09. The molecule has 1 atom stereocenters. The number of rotatable bonds is 9. The van der Waals surface area contributed by atoms with E-state index in [-0.39, 0.29) is 54.4 Å². The topological polar surface area (TPSA) is 148 Å². The van der Waals surface area contributed by atoms with Crippen LogP contribution in [0.25, 0.3) is 0 Å². The highest BCUT2D eigenvalue weighted by atomic mass is 32.2. The van der Waals surface area contributed by atoms with E-state index in [0.717, 1.165) is 10.5 Å². The van der Waals surface area contributed by atoms with E-state index in [2.05, 4.69) is 10.6 Å². The summed E-state index contributed by atoms with van der Waals surface area (Å²) in [6, 6.07) is 8.29. The average molecular weight is 516 g/mol. The molecule has 0 bridgehead atoms. The van der Waals surface area contributed by atoms with Crippen molar-refractivity contribution in [3.05, 3.63) is 53.1 Å². The zero-order valence-corrected chi connectivity index (χ0v) is 20.5. The van der Waals surface area contributed by atoms with Crippen molar-refractivity contribution in [2.24, 2.45) is 0 Å². The number of anilines is 1. The molecule has 0 aromatic heterocycles. The van der Waals surface area contributed by atoms with Crippen molar-refractivity contribution in [3.63, 3.8) is 0 Å². The lowest BCUT2D eigenvalue weighted by atomic mass is 10.0. The van der Waals surface area contributed by atoms with E-state index in [0.29, 0.717) is 5.69 Å². The van der Waals surface area contributed by atoms with E-state index in [1.54, 1.807) is 25.1 Å². The summed E-state index contributed by atoms with van der Waals surface area (Å²) in [4.78, 5) is 50.2. The Morgan fingerprint density at radius 1 is 1.06 bits per heavy atom. The van der Waals surface area contributed by atoms with Gasteiger partial charge in [-0.3, -0.25) is 33.6 Å². The first kappa shape index (κ1) is 25.3. The fourth-order valence-corrected chi connectivity index (χ4v) is 5.13. The van der Waals surface area contributed by atoms with Crippen molar-refractivity contribution < 1.29 is 36.5 Å². The summed E-state index contributed by atoms with van der Waals surface area (Å²) in [5.74, 6) is -2.12. The van der Waals surface area contributed by atoms with Gasteiger partial charge in [0.2, 0.25) is 11.8 Å². The van der Waals surface area contributed by atoms with Gasteiger partial charge >= 0.3 is 10.1 Å². The Hall–Kier alpha value is -3.77. The zero-order valence-electron chi connectivity index (χ0n) is 19.7. The molecular weight excluding hydrogens is 490 g/mol. The molecule has 2 N–H and O–H groups in total. The van der Waals surface area contributed by atoms with E-state index >= 15 is 0 Å². The first-order valence-electron chi connectivity index (χ1n) is 11.3. The van der Waals surface area contributed by atoms with Gasteiger partial charge in [0.25, 0.3) is 11.8 Å². The number of hydrogen-bond donors (Lipinski definition) is 2. The summed E-state index contributed by atoms with van der Waals surface area (Å²) in [5, 5.41) is 5.24. The number of aryl methyl sites for hydroxylation is 1. The number of nitrogens with one attached hydrogen (secondary N) is 2. The second-order valence-corrected chi connectivity index (χ2v) is 9.88. The zero-order chi connectivity index (χ0) is 26.0. The van der Waals surface area contributed by atoms with Crippen molar-refractivity contribution in [1.82, 2.24) is 10.2 Å². The summed E-state index contributed by atoms with van der Waals surface area (Å²) >= 11 is 0. The number of carbonyl (C=O) groups is 4. The molecule has 0 saturated carbocycles. The van der Waals surface area contributed by atoms with Gasteiger partial charge in [0, 0.05) is 18.7 Å². The van der Waals surface area contributed by atoms with E-state index < -0.39 is 39.8 Å². The lowest BCUT2D eigenvalue weighted by Crippen LogP contribution is -2.54. The van der Waals surface area contributed by atoms with Crippen LogP contribution in [0.15, 0.2) is 41.3 Å². The maximum atomic E-state index is 12.9. The fraction of sp³-hybridized carbons (Fsp3) is 0.333. The number of imide groups is 2. The lowest BCUT2D eigenvalue weighted by Gasteiger charge is -2.27. The molecule has 0 spiro atoms. The summed E-state index contributed by atoms with van der Waals surface area (Å²) in [7, 11) is -3.95. The minimum atomic E-state index is -3.95. The number of hydrogen-bond acceptors (Lipinski definition) is 9. The molecule has 1 unspecified atom stereocenters. The summed E-state index contributed by atoms with van der Waals surface area (Å²) in [6.07, 6.45) is 0.129. The molecule has 4 rings (SSSR count). The molecule has 1 saturated heterocycles. The summed E-state index contributed by atoms with van der Waals surface area (Å²) in [6.45, 7) is 3.75. The van der Waals surface area contributed by atoms with Crippen molar-refractivity contribution in [1.29, 1.82) is 0 Å². The third-order valence-electron chi connectivity index (χ3n) is 5.77. The highest BCUT2D eigenvalue weighted by Gasteiger charge is 2.44. The summed E-state index contributed by atoms with van der Waals surface area (Å²) in [5.41, 5.74) is 1.68. The Morgan fingerprint density at radius 3 is 2.53 bits per heavy atom. The van der Waals surface area contributed by atoms with Gasteiger partial charge in [-0.05, 0) is 56.2 Å². The van der Waals surface area contributed by atoms with Crippen LogP contribution in [-0.2, 0) is 23.9 Å². The lowest BCUT2D eigenvalue weighted by molar-refractivity contribution is -0.136. The highest BCUT2D eigenvalue weighted by Crippen LogP contribution is 2.30. The maximum absolute atomic E-state index is 12.9. The first-order valence-corrected chi connectivity index (χ1v) is 12.8. The van der Waals surface area contributed by atoms with E-state index in [9.17, 15) is 27.6 Å². The molecule has 0 aliphatic carbocycles. The molecule has 2 aromatic carbocycles. The Bertz CT molecular complexity index is 1360. The largest absolute Gasteiger partial charge is 0.490 e. The SMILES string of the molecule is CCOS(=O)(=O)c1ccc(C)cc1OCCNc1ccc2c(c1)C(=O)N(C1CCC(=O)NC1=O)C2=O. The predicted octanol–water partition coefficient (Wildman–Crippen LogP) is 1.61. The van der Waals surface area contributed by atoms with Gasteiger partial charge in [-0.1, -0.05) is 6.07 Å². The van der Waals surface area contributed by atoms with Crippen LogP contribution in [0.5, 0.6) is 5.75 Å². The minimum Gasteiger partial charge on any atom is -0.490 e. The molecule has 1 fully saturated rings. The predicted molar refractivity (Wildman–Crippen MR) is 127 cm³/mol. The van der Waals surface area contributed by atoms with Gasteiger partial charge in [0.1, 0.15) is 23.3 Å². The molecule has 11 nitrogen and oxygen atoms in total. The molecule has 0 radical (unpaired) electrons. The Balaban J connectivity index is 1.41. The van der Waals surface area contributed by atoms with Crippen LogP contribution >= 0.6 is 0 Å². The van der Waals surface area contributed by atoms with Crippen LogP contribution in [-0.4, -0.2) is 62.7 Å². The van der Waals surface area contributed by atoms with Crippen molar-refractivity contribution in [3.8, 4) is 5.75 Å². The monoisotopic (exact) mass is 515 g/mol. The van der Waals surface area contributed by atoms with Gasteiger partial charge in [-0.2, -0.15) is 8.42 Å². The van der Waals surface area contributed by atoms with Crippen molar-refractivity contribution >= 4 is 39.4 Å². The van der Waals surface area contributed by atoms with Gasteiger partial charge in [0.15, 0.2) is 0 Å². The van der Waals surface area contributed by atoms with E-state index in [1.165, 1.54) is 18.2 Å². The van der Waals surface area contributed by atoms with Crippen molar-refractivity contribution in [2.45, 2.75) is 37.6 Å². The summed E-state index contributed by atoms with van der Waals surface area (Å²) < 4.78 is 35.2. The van der Waals surface area contributed by atoms with Crippen LogP contribution in [0.1, 0.15) is 46.0 Å². The van der Waals surface area contributed by atoms with E-state index in [4.69, 9.17) is 8.92 Å². The quantitative estimate of drug-likeness (QED) is 0.289. The van der Waals surface area contributed by atoms with Crippen LogP contribution in [0.2, 0.25) is 0 Å². The number of fused-ring (bicyclic) bond motifs is 1. The van der Waals surface area contributed by atoms with Gasteiger partial charge < -0.3 is 10.1 Å².